The van der Waals surface area contributed by atoms with Crippen molar-refractivity contribution in [3.8, 4) is 22.6 Å². The van der Waals surface area contributed by atoms with Gasteiger partial charge in [0.25, 0.3) is 17.4 Å². The average molecular weight is 733 g/mol. The summed E-state index contributed by atoms with van der Waals surface area (Å²) in [5.74, 6) is -0.833. The molecule has 1 unspecified atom stereocenters. The Morgan fingerprint density at radius 2 is 1.63 bits per heavy atom. The fourth-order valence-corrected chi connectivity index (χ4v) is 7.34. The minimum Gasteiger partial charge on any atom is -0.496 e. The average Bonchev–Trinajstić information content (AvgIpc) is 3.72. The maximum Gasteiger partial charge on any atom is 0.262 e. The van der Waals surface area contributed by atoms with Gasteiger partial charge in [-0.05, 0) is 53.3 Å². The van der Waals surface area contributed by atoms with Crippen molar-refractivity contribution in [3.05, 3.63) is 99.5 Å². The summed E-state index contributed by atoms with van der Waals surface area (Å²) < 4.78 is 21.0. The predicted molar refractivity (Wildman–Crippen MR) is 191 cm³/mol. The van der Waals surface area contributed by atoms with Crippen LogP contribution in [0.4, 0.5) is 0 Å². The number of ether oxygens (including phenoxy) is 3. The van der Waals surface area contributed by atoms with E-state index in [2.05, 4.69) is 25.5 Å². The number of nitrogens with one attached hydrogen (secondary N) is 1. The summed E-state index contributed by atoms with van der Waals surface area (Å²) in [7, 11) is 4.98. The largest absolute Gasteiger partial charge is 0.496 e. The van der Waals surface area contributed by atoms with Crippen LogP contribution in [-0.2, 0) is 41.1 Å². The SMILES string of the molecule is COc1cc(-c2cn(C)c(=O)c3cnccc23)cc(OC)c1CN1CC(n2cc(COCc3ccc4c(c3)C(=O)N(C3CCC(=O)NC3=O)C4=O)nn2)C1. The molecule has 2 aromatic carbocycles. The Labute approximate surface area is 308 Å². The molecule has 8 rings (SSSR count). The van der Waals surface area contributed by atoms with Gasteiger partial charge in [-0.15, -0.1) is 5.10 Å². The summed E-state index contributed by atoms with van der Waals surface area (Å²) in [5.41, 5.74) is 4.26. The van der Waals surface area contributed by atoms with Crippen LogP contribution >= 0.6 is 0 Å². The summed E-state index contributed by atoms with van der Waals surface area (Å²) in [6.07, 6.45) is 7.08. The van der Waals surface area contributed by atoms with E-state index in [0.717, 1.165) is 40.1 Å². The Balaban J connectivity index is 0.878. The number of benzene rings is 2. The zero-order valence-electron chi connectivity index (χ0n) is 29.8. The number of rotatable bonds is 11. The molecule has 3 aromatic heterocycles. The molecule has 0 aliphatic carbocycles. The normalized spacial score (nSPS) is 17.5. The fraction of sp³-hybridized carbons (Fsp3) is 0.316. The van der Waals surface area contributed by atoms with Gasteiger partial charge in [-0.3, -0.25) is 44.1 Å². The van der Waals surface area contributed by atoms with Crippen molar-refractivity contribution in [2.45, 2.75) is 44.7 Å². The number of hydrogen-bond donors (Lipinski definition) is 1. The lowest BCUT2D eigenvalue weighted by Crippen LogP contribution is -2.54. The molecule has 1 N–H and O–H groups in total. The van der Waals surface area contributed by atoms with Crippen LogP contribution < -0.4 is 20.3 Å². The number of carbonyl (C=O) groups is 4. The first kappa shape index (κ1) is 34.8. The molecule has 0 saturated carbocycles. The number of aromatic nitrogens is 5. The number of nitrogens with zero attached hydrogens (tertiary/aromatic N) is 7. The number of hydrogen-bond acceptors (Lipinski definition) is 12. The molecule has 0 bridgehead atoms. The van der Waals surface area contributed by atoms with Crippen LogP contribution in [0.15, 0.2) is 66.0 Å². The third-order valence-electron chi connectivity index (χ3n) is 10.2. The maximum atomic E-state index is 13.1. The van der Waals surface area contributed by atoms with Gasteiger partial charge in [0.1, 0.15) is 23.2 Å². The van der Waals surface area contributed by atoms with E-state index < -0.39 is 29.7 Å². The first-order chi connectivity index (χ1) is 26.1. The molecule has 16 nitrogen and oxygen atoms in total. The van der Waals surface area contributed by atoms with Crippen LogP contribution in [0.1, 0.15) is 56.4 Å². The molecule has 1 atom stereocenters. The highest BCUT2D eigenvalue weighted by molar-refractivity contribution is 6.23. The minimum absolute atomic E-state index is 0.0594. The van der Waals surface area contributed by atoms with Gasteiger partial charge in [-0.25, -0.2) is 4.68 Å². The quantitative estimate of drug-likeness (QED) is 0.196. The number of piperidine rings is 1. The molecule has 54 heavy (non-hydrogen) atoms. The zero-order valence-corrected chi connectivity index (χ0v) is 29.8. The van der Waals surface area contributed by atoms with Gasteiger partial charge in [-0.1, -0.05) is 11.3 Å². The van der Waals surface area contributed by atoms with E-state index in [1.807, 2.05) is 35.3 Å². The molecule has 4 amide bonds. The summed E-state index contributed by atoms with van der Waals surface area (Å²) in [6.45, 7) is 2.40. The molecule has 3 aliphatic heterocycles. The standard InChI is InChI=1S/C38H36N8O8/c1-43-17-29(25-8-9-39-13-28(25)36(43)49)22-11-32(52-2)30(33(12-22)53-3)18-44-15-24(16-44)45-14-23(41-42-45)20-54-19-21-4-5-26-27(10-21)38(51)46(37(26)50)31-6-7-34(47)40-35(31)48/h4-5,8-14,17,24,31H,6-7,15-16,18-20H2,1-3H3,(H,40,47,48). The monoisotopic (exact) mass is 732 g/mol. The molecule has 2 saturated heterocycles. The molecule has 16 heteroatoms. The Morgan fingerprint density at radius 3 is 2.37 bits per heavy atom. The molecule has 276 valence electrons. The van der Waals surface area contributed by atoms with Crippen LogP contribution in [0.3, 0.4) is 0 Å². The van der Waals surface area contributed by atoms with Crippen LogP contribution in [-0.4, -0.2) is 91.3 Å². The molecule has 3 aliphatic rings. The molecule has 5 aromatic rings. The van der Waals surface area contributed by atoms with E-state index in [0.29, 0.717) is 34.7 Å². The summed E-state index contributed by atoms with van der Waals surface area (Å²) in [6, 6.07) is 9.74. The summed E-state index contributed by atoms with van der Waals surface area (Å²) in [4.78, 5) is 70.1. The second kappa shape index (κ2) is 13.9. The van der Waals surface area contributed by atoms with E-state index in [9.17, 15) is 24.0 Å². The number of likely N-dealkylation sites (tertiary alicyclic amines) is 1. The Hall–Kier alpha value is -6.26. The molecule has 6 heterocycles. The second-order valence-electron chi connectivity index (χ2n) is 13.6. The van der Waals surface area contributed by atoms with Gasteiger partial charge >= 0.3 is 0 Å². The van der Waals surface area contributed by atoms with Crippen molar-refractivity contribution in [3.63, 3.8) is 0 Å². The summed E-state index contributed by atoms with van der Waals surface area (Å²) in [5, 5.41) is 12.1. The number of imide groups is 2. The molecular weight excluding hydrogens is 696 g/mol. The number of carbonyl (C=O) groups excluding carboxylic acids is 4. The van der Waals surface area contributed by atoms with E-state index in [4.69, 9.17) is 14.2 Å². The predicted octanol–water partition coefficient (Wildman–Crippen LogP) is 2.38. The van der Waals surface area contributed by atoms with Crippen LogP contribution in [0.2, 0.25) is 0 Å². The number of pyridine rings is 2. The Morgan fingerprint density at radius 1 is 0.870 bits per heavy atom. The number of fused-ring (bicyclic) bond motifs is 2. The van der Waals surface area contributed by atoms with E-state index in [1.54, 1.807) is 56.4 Å². The van der Waals surface area contributed by atoms with Gasteiger partial charge in [0.2, 0.25) is 11.8 Å². The highest BCUT2D eigenvalue weighted by atomic mass is 16.5. The fourth-order valence-electron chi connectivity index (χ4n) is 7.34. The second-order valence-corrected chi connectivity index (χ2v) is 13.6. The highest BCUT2D eigenvalue weighted by Gasteiger charge is 2.44. The van der Waals surface area contributed by atoms with Crippen molar-refractivity contribution in [1.82, 2.24) is 39.7 Å². The van der Waals surface area contributed by atoms with Crippen LogP contribution in [0.25, 0.3) is 21.9 Å². The molecule has 0 radical (unpaired) electrons. The van der Waals surface area contributed by atoms with Crippen molar-refractivity contribution >= 4 is 34.4 Å². The zero-order chi connectivity index (χ0) is 37.7. The molecule has 0 spiro atoms. The maximum absolute atomic E-state index is 13.1. The minimum atomic E-state index is -1.02. The van der Waals surface area contributed by atoms with Gasteiger partial charge in [-0.2, -0.15) is 0 Å². The van der Waals surface area contributed by atoms with Crippen molar-refractivity contribution < 1.29 is 33.4 Å². The Bertz CT molecular complexity index is 2390. The third kappa shape index (κ3) is 6.18. The van der Waals surface area contributed by atoms with Gasteiger partial charge in [0.15, 0.2) is 0 Å². The topological polar surface area (TPSA) is 180 Å². The Kier molecular flexibility index (Phi) is 8.99. The first-order valence-electron chi connectivity index (χ1n) is 17.4. The van der Waals surface area contributed by atoms with Crippen LogP contribution in [0, 0.1) is 0 Å². The smallest absolute Gasteiger partial charge is 0.262 e. The lowest BCUT2D eigenvalue weighted by molar-refractivity contribution is -0.136. The van der Waals surface area contributed by atoms with E-state index >= 15 is 0 Å². The van der Waals surface area contributed by atoms with Crippen molar-refractivity contribution in [2.24, 2.45) is 7.05 Å². The van der Waals surface area contributed by atoms with E-state index in [1.165, 1.54) is 0 Å². The lowest BCUT2D eigenvalue weighted by Gasteiger charge is -2.39. The highest BCUT2D eigenvalue weighted by Crippen LogP contribution is 2.39. The van der Waals surface area contributed by atoms with Crippen molar-refractivity contribution in [1.29, 1.82) is 0 Å². The van der Waals surface area contributed by atoms with Gasteiger partial charge in [0.05, 0.1) is 61.7 Å². The molecule has 2 fully saturated rings. The van der Waals surface area contributed by atoms with Crippen LogP contribution in [0.5, 0.6) is 11.5 Å². The number of amides is 4. The third-order valence-corrected chi connectivity index (χ3v) is 10.2. The van der Waals surface area contributed by atoms with Crippen molar-refractivity contribution in [2.75, 3.05) is 27.3 Å². The van der Waals surface area contributed by atoms with Gasteiger partial charge < -0.3 is 18.8 Å². The number of aryl methyl sites for hydroxylation is 1. The van der Waals surface area contributed by atoms with Gasteiger partial charge in [0, 0.05) is 57.3 Å². The molecular formula is C38H36N8O8. The lowest BCUT2D eigenvalue weighted by atomic mass is 9.98. The first-order valence-corrected chi connectivity index (χ1v) is 17.4. The van der Waals surface area contributed by atoms with E-state index in [-0.39, 0.29) is 48.8 Å². The summed E-state index contributed by atoms with van der Waals surface area (Å²) >= 11 is 0. The number of methoxy groups -OCH3 is 2.